The van der Waals surface area contributed by atoms with Crippen LogP contribution in [0.25, 0.3) is 0 Å². The highest BCUT2D eigenvalue weighted by atomic mass is 32.1. The molecule has 0 fully saturated rings. The van der Waals surface area contributed by atoms with Crippen LogP contribution in [0.4, 0.5) is 5.82 Å². The topological polar surface area (TPSA) is 72.9 Å². The normalized spacial score (nSPS) is 10.3. The monoisotopic (exact) mass is 236 g/mol. The van der Waals surface area contributed by atoms with Gasteiger partial charge in [-0.15, -0.1) is 11.3 Å². The van der Waals surface area contributed by atoms with Crippen molar-refractivity contribution in [1.29, 1.82) is 0 Å². The summed E-state index contributed by atoms with van der Waals surface area (Å²) in [5, 5.41) is 9.03. The molecule has 2 rings (SSSR count). The lowest BCUT2D eigenvalue weighted by Crippen LogP contribution is -2.09. The number of primary amides is 1. The van der Waals surface area contributed by atoms with Crippen molar-refractivity contribution in [3.05, 3.63) is 34.2 Å². The smallest absolute Gasteiger partial charge is 0.249 e. The lowest BCUT2D eigenvalue weighted by molar-refractivity contribution is 0.100. The number of hydrogen-bond donors (Lipinski definition) is 2. The van der Waals surface area contributed by atoms with Crippen LogP contribution in [-0.2, 0) is 13.6 Å². The highest BCUT2D eigenvalue weighted by molar-refractivity contribution is 7.10. The summed E-state index contributed by atoms with van der Waals surface area (Å²) in [7, 11) is 1.87. The van der Waals surface area contributed by atoms with Crippen LogP contribution in [0.1, 0.15) is 15.2 Å². The average Bonchev–Trinajstić information content (AvgIpc) is 2.83. The van der Waals surface area contributed by atoms with E-state index < -0.39 is 0 Å². The second-order valence-electron chi connectivity index (χ2n) is 3.36. The number of hydrogen-bond acceptors (Lipinski definition) is 4. The molecule has 0 saturated heterocycles. The molecule has 0 spiro atoms. The van der Waals surface area contributed by atoms with Crippen LogP contribution in [0.3, 0.4) is 0 Å². The second-order valence-corrected chi connectivity index (χ2v) is 4.36. The van der Waals surface area contributed by atoms with E-state index in [0.29, 0.717) is 12.1 Å². The summed E-state index contributed by atoms with van der Waals surface area (Å²) in [6, 6.07) is 3.69. The van der Waals surface area contributed by atoms with Gasteiger partial charge in [-0.25, -0.2) is 0 Å². The van der Waals surface area contributed by atoms with Gasteiger partial charge in [0.1, 0.15) is 5.82 Å². The molecule has 2 aromatic heterocycles. The number of anilines is 1. The SMILES string of the molecule is Cn1nccc1NCc1cc(C(N)=O)cs1. The maximum Gasteiger partial charge on any atom is 0.249 e. The standard InChI is InChI=1S/C10H12N4OS/c1-14-9(2-3-13-14)12-5-8-4-7(6-16-8)10(11)15/h2-4,6,12H,5H2,1H3,(H2,11,15). The maximum absolute atomic E-state index is 10.9. The van der Waals surface area contributed by atoms with Crippen molar-refractivity contribution < 1.29 is 4.79 Å². The number of thiophene rings is 1. The molecule has 0 aliphatic carbocycles. The molecule has 5 nitrogen and oxygen atoms in total. The third-order valence-corrected chi connectivity index (χ3v) is 3.14. The first-order chi connectivity index (χ1) is 7.66. The first-order valence-corrected chi connectivity index (χ1v) is 5.64. The fourth-order valence-electron chi connectivity index (χ4n) is 1.33. The van der Waals surface area contributed by atoms with Gasteiger partial charge in [0.25, 0.3) is 0 Å². The quantitative estimate of drug-likeness (QED) is 0.837. The fourth-order valence-corrected chi connectivity index (χ4v) is 2.14. The van der Waals surface area contributed by atoms with Gasteiger partial charge in [-0.2, -0.15) is 5.10 Å². The van der Waals surface area contributed by atoms with Crippen LogP contribution in [-0.4, -0.2) is 15.7 Å². The van der Waals surface area contributed by atoms with Crippen LogP contribution in [0.15, 0.2) is 23.7 Å². The fraction of sp³-hybridized carbons (Fsp3) is 0.200. The van der Waals surface area contributed by atoms with Gasteiger partial charge in [0.05, 0.1) is 18.3 Å². The van der Waals surface area contributed by atoms with Gasteiger partial charge in [0, 0.05) is 23.4 Å². The largest absolute Gasteiger partial charge is 0.366 e. The van der Waals surface area contributed by atoms with E-state index in [1.54, 1.807) is 22.3 Å². The molecule has 16 heavy (non-hydrogen) atoms. The van der Waals surface area contributed by atoms with Crippen molar-refractivity contribution in [3.8, 4) is 0 Å². The number of nitrogens with one attached hydrogen (secondary N) is 1. The van der Waals surface area contributed by atoms with Crippen molar-refractivity contribution in [2.75, 3.05) is 5.32 Å². The minimum absolute atomic E-state index is 0.386. The molecule has 6 heteroatoms. The summed E-state index contributed by atoms with van der Waals surface area (Å²) >= 11 is 1.51. The zero-order valence-corrected chi connectivity index (χ0v) is 9.62. The first kappa shape index (κ1) is 10.7. The number of carbonyl (C=O) groups excluding carboxylic acids is 1. The molecule has 0 unspecified atom stereocenters. The Labute approximate surface area is 96.9 Å². The van der Waals surface area contributed by atoms with Gasteiger partial charge in [-0.3, -0.25) is 9.48 Å². The van der Waals surface area contributed by atoms with Crippen molar-refractivity contribution >= 4 is 23.1 Å². The molecule has 84 valence electrons. The van der Waals surface area contributed by atoms with Gasteiger partial charge in [0.2, 0.25) is 5.91 Å². The zero-order valence-electron chi connectivity index (χ0n) is 8.80. The Balaban J connectivity index is 2.00. The van der Waals surface area contributed by atoms with Crippen molar-refractivity contribution in [1.82, 2.24) is 9.78 Å². The number of nitrogens with zero attached hydrogens (tertiary/aromatic N) is 2. The van der Waals surface area contributed by atoms with Crippen LogP contribution in [0, 0.1) is 0 Å². The van der Waals surface area contributed by atoms with Gasteiger partial charge < -0.3 is 11.1 Å². The molecule has 0 aliphatic rings. The van der Waals surface area contributed by atoms with Gasteiger partial charge >= 0.3 is 0 Å². The molecule has 1 amide bonds. The summed E-state index contributed by atoms with van der Waals surface area (Å²) in [5.74, 6) is 0.553. The second kappa shape index (κ2) is 4.36. The Bertz CT molecular complexity index is 502. The van der Waals surface area contributed by atoms with E-state index in [4.69, 9.17) is 5.73 Å². The molecule has 0 bridgehead atoms. The third kappa shape index (κ3) is 2.22. The number of amides is 1. The summed E-state index contributed by atoms with van der Waals surface area (Å²) < 4.78 is 1.75. The minimum atomic E-state index is -0.386. The van der Waals surface area contributed by atoms with Crippen LogP contribution < -0.4 is 11.1 Å². The Morgan fingerprint density at radius 2 is 2.50 bits per heavy atom. The van der Waals surface area contributed by atoms with E-state index in [1.165, 1.54) is 11.3 Å². The number of rotatable bonds is 4. The predicted octanol–water partition coefficient (Wildman–Crippen LogP) is 1.19. The Hall–Kier alpha value is -1.82. The Morgan fingerprint density at radius 3 is 3.06 bits per heavy atom. The van der Waals surface area contributed by atoms with Crippen LogP contribution in [0.2, 0.25) is 0 Å². The molecule has 0 radical (unpaired) electrons. The molecule has 3 N–H and O–H groups in total. The van der Waals surface area contributed by atoms with Crippen molar-refractivity contribution in [2.24, 2.45) is 12.8 Å². The van der Waals surface area contributed by atoms with E-state index in [-0.39, 0.29) is 5.91 Å². The summed E-state index contributed by atoms with van der Waals surface area (Å²) in [5.41, 5.74) is 5.74. The first-order valence-electron chi connectivity index (χ1n) is 4.76. The highest BCUT2D eigenvalue weighted by Gasteiger charge is 2.05. The van der Waals surface area contributed by atoms with Crippen LogP contribution in [0.5, 0.6) is 0 Å². The number of carbonyl (C=O) groups is 1. The molecule has 2 aromatic rings. The third-order valence-electron chi connectivity index (χ3n) is 2.20. The Morgan fingerprint density at radius 1 is 1.69 bits per heavy atom. The zero-order chi connectivity index (χ0) is 11.5. The maximum atomic E-state index is 10.9. The van der Waals surface area contributed by atoms with E-state index in [9.17, 15) is 4.79 Å². The minimum Gasteiger partial charge on any atom is -0.366 e. The molecular formula is C10H12N4OS. The van der Waals surface area contributed by atoms with E-state index >= 15 is 0 Å². The molecule has 2 heterocycles. The van der Waals surface area contributed by atoms with Crippen molar-refractivity contribution in [2.45, 2.75) is 6.54 Å². The van der Waals surface area contributed by atoms with Gasteiger partial charge in [0.15, 0.2) is 0 Å². The molecule has 0 aromatic carbocycles. The molecule has 0 saturated carbocycles. The summed E-state index contributed by atoms with van der Waals surface area (Å²) in [4.78, 5) is 12.0. The van der Waals surface area contributed by atoms with E-state index in [2.05, 4.69) is 10.4 Å². The van der Waals surface area contributed by atoms with Gasteiger partial charge in [-0.05, 0) is 6.07 Å². The lowest BCUT2D eigenvalue weighted by Gasteiger charge is -2.03. The van der Waals surface area contributed by atoms with Gasteiger partial charge in [-0.1, -0.05) is 0 Å². The van der Waals surface area contributed by atoms with Crippen molar-refractivity contribution in [3.63, 3.8) is 0 Å². The molecule has 0 aliphatic heterocycles. The summed E-state index contributed by atoms with van der Waals surface area (Å²) in [6.07, 6.45) is 1.73. The highest BCUT2D eigenvalue weighted by Crippen LogP contribution is 2.16. The number of nitrogens with two attached hydrogens (primary N) is 1. The number of aromatic nitrogens is 2. The number of aryl methyl sites for hydroxylation is 1. The molecule has 0 atom stereocenters. The lowest BCUT2D eigenvalue weighted by atomic mass is 10.3. The average molecular weight is 236 g/mol. The van der Waals surface area contributed by atoms with Crippen LogP contribution >= 0.6 is 11.3 Å². The van der Waals surface area contributed by atoms with E-state index in [1.807, 2.05) is 13.1 Å². The summed E-state index contributed by atoms with van der Waals surface area (Å²) in [6.45, 7) is 0.664. The van der Waals surface area contributed by atoms with E-state index in [0.717, 1.165) is 10.7 Å². The molecular weight excluding hydrogens is 224 g/mol. The Kier molecular flexibility index (Phi) is 2.91. The predicted molar refractivity (Wildman–Crippen MR) is 63.4 cm³/mol.